The third kappa shape index (κ3) is 8.64. The number of ether oxygens (including phenoxy) is 1. The van der Waals surface area contributed by atoms with Gasteiger partial charge in [-0.3, -0.25) is 4.79 Å². The van der Waals surface area contributed by atoms with Gasteiger partial charge in [0.15, 0.2) is 5.11 Å². The number of nitrogens with one attached hydrogen (secondary N) is 2. The molecule has 2 atom stereocenters. The molecule has 0 radical (unpaired) electrons. The van der Waals surface area contributed by atoms with Gasteiger partial charge in [-0.2, -0.15) is 5.26 Å². The first-order valence-corrected chi connectivity index (χ1v) is 15.1. The van der Waals surface area contributed by atoms with E-state index >= 15 is 0 Å². The second-order valence-electron chi connectivity index (χ2n) is 10.8. The summed E-state index contributed by atoms with van der Waals surface area (Å²) in [6.45, 7) is 7.93. The maximum absolute atomic E-state index is 13.3. The van der Waals surface area contributed by atoms with E-state index in [-0.39, 0.29) is 24.3 Å². The summed E-state index contributed by atoms with van der Waals surface area (Å²) >= 11 is 5.92. The summed E-state index contributed by atoms with van der Waals surface area (Å²) < 4.78 is 7.21. The van der Waals surface area contributed by atoms with Crippen LogP contribution in [0.25, 0.3) is 0 Å². The van der Waals surface area contributed by atoms with Gasteiger partial charge in [0.2, 0.25) is 11.8 Å². The minimum atomic E-state index is -0.144. The van der Waals surface area contributed by atoms with E-state index < -0.39 is 0 Å². The molecular weight excluding hydrogens is 570 g/mol. The van der Waals surface area contributed by atoms with Crippen molar-refractivity contribution in [1.82, 2.24) is 25.2 Å². The Hall–Kier alpha value is -4.75. The van der Waals surface area contributed by atoms with Gasteiger partial charge < -0.3 is 24.8 Å². The van der Waals surface area contributed by atoms with E-state index in [9.17, 15) is 4.79 Å². The van der Waals surface area contributed by atoms with Crippen LogP contribution in [0.1, 0.15) is 48.2 Å². The van der Waals surface area contributed by atoms with Crippen LogP contribution in [-0.4, -0.2) is 45.3 Å². The predicted molar refractivity (Wildman–Crippen MR) is 176 cm³/mol. The highest BCUT2D eigenvalue weighted by Crippen LogP contribution is 2.21. The third-order valence-electron chi connectivity index (χ3n) is 7.80. The number of nitriles is 1. The summed E-state index contributed by atoms with van der Waals surface area (Å²) in [5, 5.41) is 16.3. The van der Waals surface area contributed by atoms with Gasteiger partial charge in [0.1, 0.15) is 0 Å². The molecule has 1 amide bonds. The van der Waals surface area contributed by atoms with Crippen molar-refractivity contribution < 1.29 is 9.53 Å². The maximum Gasteiger partial charge on any atom is 0.226 e. The number of nitrogens with zero attached hydrogens (tertiary/aromatic N) is 5. The number of carbonyl (C=O) groups is 1. The summed E-state index contributed by atoms with van der Waals surface area (Å²) in [5.74, 6) is 0.660. The Morgan fingerprint density at radius 2 is 1.91 bits per heavy atom. The molecule has 4 rings (SSSR count). The molecule has 0 aliphatic rings. The van der Waals surface area contributed by atoms with E-state index in [1.165, 1.54) is 5.56 Å². The first-order chi connectivity index (χ1) is 21.3. The number of hydrogen-bond acceptors (Lipinski definition) is 6. The second kappa shape index (κ2) is 15.6. The standard InChI is InChI=1S/C34H39N7O2S/c1-5-24(2)31(39-32(42)16-30-18-36-23-40(30)21-27-12-10-26(17-35)11-13-27)20-38-34(44)41(22-28-9-7-6-8-25(28)3)29-14-15-33(43-4)37-19-29/h6-15,18-19,23-24,31H,5,16,20-22H2,1-4H3,(H,38,44)(H,39,42)/t24-,31+/m0/s1. The molecule has 10 heteroatoms. The number of benzene rings is 2. The van der Waals surface area contributed by atoms with E-state index in [0.29, 0.717) is 36.2 Å². The number of imidazole rings is 1. The van der Waals surface area contributed by atoms with Crippen molar-refractivity contribution >= 4 is 28.9 Å². The smallest absolute Gasteiger partial charge is 0.226 e. The normalized spacial score (nSPS) is 12.1. The molecule has 0 saturated carbocycles. The van der Waals surface area contributed by atoms with Crippen molar-refractivity contribution in [3.8, 4) is 11.9 Å². The molecule has 0 fully saturated rings. The highest BCUT2D eigenvalue weighted by Gasteiger charge is 2.22. The Labute approximate surface area is 264 Å². The van der Waals surface area contributed by atoms with Gasteiger partial charge in [-0.25, -0.2) is 9.97 Å². The molecule has 2 aromatic heterocycles. The number of aryl methyl sites for hydroxylation is 1. The number of hydrogen-bond donors (Lipinski definition) is 2. The Kier molecular flexibility index (Phi) is 11.4. The van der Waals surface area contributed by atoms with Crippen LogP contribution in [0, 0.1) is 24.2 Å². The second-order valence-corrected chi connectivity index (χ2v) is 11.2. The lowest BCUT2D eigenvalue weighted by atomic mass is 9.99. The number of aromatic nitrogens is 3. The van der Waals surface area contributed by atoms with Crippen LogP contribution < -0.4 is 20.3 Å². The lowest BCUT2D eigenvalue weighted by Crippen LogP contribution is -2.50. The van der Waals surface area contributed by atoms with E-state index in [0.717, 1.165) is 28.9 Å². The molecule has 9 nitrogen and oxygen atoms in total. The Morgan fingerprint density at radius 3 is 2.57 bits per heavy atom. The topological polar surface area (TPSA) is 108 Å². The highest BCUT2D eigenvalue weighted by atomic mass is 32.1. The van der Waals surface area contributed by atoms with E-state index in [2.05, 4.69) is 59.6 Å². The van der Waals surface area contributed by atoms with Crippen LogP contribution in [-0.2, 0) is 24.3 Å². The number of thiocarbonyl (C=S) groups is 1. The minimum Gasteiger partial charge on any atom is -0.481 e. The number of anilines is 1. The molecule has 0 bridgehead atoms. The molecule has 2 heterocycles. The molecule has 44 heavy (non-hydrogen) atoms. The van der Waals surface area contributed by atoms with Crippen molar-refractivity contribution in [3.63, 3.8) is 0 Å². The molecule has 2 N–H and O–H groups in total. The average molecular weight is 610 g/mol. The molecule has 0 spiro atoms. The van der Waals surface area contributed by atoms with Crippen molar-refractivity contribution in [3.05, 3.63) is 107 Å². The zero-order valence-electron chi connectivity index (χ0n) is 25.7. The molecule has 4 aromatic rings. The summed E-state index contributed by atoms with van der Waals surface area (Å²) in [5.41, 5.74) is 5.62. The van der Waals surface area contributed by atoms with Gasteiger partial charge in [-0.1, -0.05) is 56.7 Å². The average Bonchev–Trinajstić information content (AvgIpc) is 3.48. The van der Waals surface area contributed by atoms with Crippen LogP contribution in [0.3, 0.4) is 0 Å². The van der Waals surface area contributed by atoms with Crippen LogP contribution >= 0.6 is 12.2 Å². The third-order valence-corrected chi connectivity index (χ3v) is 8.17. The lowest BCUT2D eigenvalue weighted by molar-refractivity contribution is -0.121. The first-order valence-electron chi connectivity index (χ1n) is 14.7. The van der Waals surface area contributed by atoms with Crippen molar-refractivity contribution in [2.24, 2.45) is 5.92 Å². The van der Waals surface area contributed by atoms with Gasteiger partial charge in [-0.05, 0) is 59.9 Å². The number of pyridine rings is 1. The number of amides is 1. The zero-order chi connectivity index (χ0) is 31.5. The summed E-state index contributed by atoms with van der Waals surface area (Å²) in [4.78, 5) is 24.0. The molecular formula is C34H39N7O2S. The van der Waals surface area contributed by atoms with Crippen LogP contribution in [0.15, 0.2) is 79.4 Å². The summed E-state index contributed by atoms with van der Waals surface area (Å²) in [6, 6.07) is 21.4. The van der Waals surface area contributed by atoms with E-state index in [4.69, 9.17) is 22.2 Å². The lowest BCUT2D eigenvalue weighted by Gasteiger charge is -2.30. The van der Waals surface area contributed by atoms with Crippen molar-refractivity contribution in [2.75, 3.05) is 18.6 Å². The van der Waals surface area contributed by atoms with E-state index in [1.807, 2.05) is 45.9 Å². The Balaban J connectivity index is 1.43. The molecule has 0 aliphatic heterocycles. The van der Waals surface area contributed by atoms with Crippen molar-refractivity contribution in [1.29, 1.82) is 5.26 Å². The van der Waals surface area contributed by atoms with Crippen molar-refractivity contribution in [2.45, 2.75) is 52.7 Å². The number of rotatable bonds is 13. The predicted octanol–water partition coefficient (Wildman–Crippen LogP) is 5.17. The first kappa shape index (κ1) is 32.2. The molecule has 0 aliphatic carbocycles. The van der Waals surface area contributed by atoms with Crippen LogP contribution in [0.2, 0.25) is 0 Å². The van der Waals surface area contributed by atoms with Gasteiger partial charge >= 0.3 is 0 Å². The van der Waals surface area contributed by atoms with Crippen LogP contribution in [0.4, 0.5) is 5.69 Å². The van der Waals surface area contributed by atoms with Gasteiger partial charge in [-0.15, -0.1) is 0 Å². The highest BCUT2D eigenvalue weighted by molar-refractivity contribution is 7.80. The largest absolute Gasteiger partial charge is 0.481 e. The molecule has 2 aromatic carbocycles. The monoisotopic (exact) mass is 609 g/mol. The quantitative estimate of drug-likeness (QED) is 0.200. The molecule has 0 unspecified atom stereocenters. The Morgan fingerprint density at radius 1 is 1.14 bits per heavy atom. The van der Waals surface area contributed by atoms with Crippen LogP contribution in [0.5, 0.6) is 5.88 Å². The SMILES string of the molecule is CC[C@H](C)[C@@H](CNC(=S)N(Cc1ccccc1C)c1ccc(OC)nc1)NC(=O)Cc1cncn1Cc1ccc(C#N)cc1. The van der Waals surface area contributed by atoms with Gasteiger partial charge in [0.25, 0.3) is 0 Å². The zero-order valence-corrected chi connectivity index (χ0v) is 26.5. The number of methoxy groups -OCH3 is 1. The fraction of sp³-hybridized carbons (Fsp3) is 0.324. The number of carbonyl (C=O) groups excluding carboxylic acids is 1. The molecule has 228 valence electrons. The van der Waals surface area contributed by atoms with Gasteiger partial charge in [0.05, 0.1) is 49.9 Å². The Bertz CT molecular complexity index is 1580. The van der Waals surface area contributed by atoms with Gasteiger partial charge in [0, 0.05) is 37.1 Å². The van der Waals surface area contributed by atoms with E-state index in [1.54, 1.807) is 38.0 Å². The summed E-state index contributed by atoms with van der Waals surface area (Å²) in [7, 11) is 1.59. The molecule has 0 saturated heterocycles. The summed E-state index contributed by atoms with van der Waals surface area (Å²) in [6.07, 6.45) is 6.29. The fourth-order valence-electron chi connectivity index (χ4n) is 4.80. The minimum absolute atomic E-state index is 0.0827. The maximum atomic E-state index is 13.3. The fourth-order valence-corrected chi connectivity index (χ4v) is 5.06.